The number of carboxylic acids is 2. The van der Waals surface area contributed by atoms with Gasteiger partial charge in [0, 0.05) is 0 Å². The van der Waals surface area contributed by atoms with Crippen molar-refractivity contribution in [3.8, 4) is 0 Å². The first kappa shape index (κ1) is 81.8. The predicted molar refractivity (Wildman–Crippen MR) is 268 cm³/mol. The topological polar surface area (TPSA) is 860 Å². The van der Waals surface area contributed by atoms with Crippen molar-refractivity contribution in [1.29, 1.82) is 0 Å². The van der Waals surface area contributed by atoms with Crippen molar-refractivity contribution < 1.29 is 235 Å². The molecule has 0 aromatic heterocycles. The summed E-state index contributed by atoms with van der Waals surface area (Å²) in [5, 5.41) is 87.6. The van der Waals surface area contributed by atoms with Crippen molar-refractivity contribution in [2.24, 2.45) is 0 Å². The van der Waals surface area contributed by atoms with Crippen LogP contribution in [0.1, 0.15) is 0 Å². The highest BCUT2D eigenvalue weighted by atomic mass is 32.3. The highest BCUT2D eigenvalue weighted by Gasteiger charge is 2.61. The van der Waals surface area contributed by atoms with Gasteiger partial charge in [0.05, 0.1) is 19.8 Å². The molecule has 25 atom stereocenters. The van der Waals surface area contributed by atoms with Gasteiger partial charge < -0.3 is 83.5 Å². The molecule has 552 valence electrons. The predicted octanol–water partition coefficient (Wildman–Crippen LogP) is -14.6. The van der Waals surface area contributed by atoms with Crippen LogP contribution in [0.25, 0.3) is 0 Å². The smallest absolute Gasteiger partial charge is 0.397 e. The van der Waals surface area contributed by atoms with E-state index in [0.717, 1.165) is 9.44 Å². The Bertz CT molecular complexity index is 3750. The highest BCUT2D eigenvalue weighted by molar-refractivity contribution is 7.84. The summed E-state index contributed by atoms with van der Waals surface area (Å²) < 4.78 is 378. The summed E-state index contributed by atoms with van der Waals surface area (Å²) in [4.78, 5) is 25.8. The summed E-state index contributed by atoms with van der Waals surface area (Å²) in [6.45, 7) is -5.43. The Morgan fingerprint density at radius 3 is 1.07 bits per heavy atom. The second kappa shape index (κ2) is 30.6. The van der Waals surface area contributed by atoms with Gasteiger partial charge in [-0.1, -0.05) is 0 Å². The minimum Gasteiger partial charge on any atom is -0.479 e. The molecule has 0 aromatic carbocycles. The molecule has 5 heterocycles. The minimum atomic E-state index is -6.42. The van der Waals surface area contributed by atoms with Gasteiger partial charge in [0.25, 0.3) is 0 Å². The molecule has 0 spiro atoms. The van der Waals surface area contributed by atoms with Gasteiger partial charge in [-0.3, -0.25) is 41.0 Å². The molecule has 1 unspecified atom stereocenters. The summed E-state index contributed by atoms with van der Waals surface area (Å²) >= 11 is 0. The minimum absolute atomic E-state index is 1.06. The van der Waals surface area contributed by atoms with E-state index in [9.17, 15) is 158 Å². The first-order chi connectivity index (χ1) is 42.3. The first-order valence-electron chi connectivity index (χ1n) is 23.8. The molecular formula is C30H51N3O52S9. The third-order valence-corrected chi connectivity index (χ3v) is 16.8. The van der Waals surface area contributed by atoms with Crippen molar-refractivity contribution in [1.82, 2.24) is 14.2 Å². The van der Waals surface area contributed by atoms with Gasteiger partial charge in [-0.05, 0) is 0 Å². The summed E-state index contributed by atoms with van der Waals surface area (Å²) in [5.41, 5.74) is 0. The van der Waals surface area contributed by atoms with Crippen molar-refractivity contribution >= 4 is 105 Å². The summed E-state index contributed by atoms with van der Waals surface area (Å²) in [6, 6.07) is -8.83. The van der Waals surface area contributed by atoms with E-state index in [-0.39, 0.29) is 0 Å². The van der Waals surface area contributed by atoms with E-state index in [0.29, 0.717) is 0 Å². The molecule has 5 aliphatic rings. The van der Waals surface area contributed by atoms with Gasteiger partial charge in [-0.15, -0.1) is 0 Å². The van der Waals surface area contributed by atoms with E-state index >= 15 is 0 Å². The molecule has 0 aliphatic carbocycles. The lowest BCUT2D eigenvalue weighted by Gasteiger charge is -2.50. The molecule has 55 nitrogen and oxygen atoms in total. The van der Waals surface area contributed by atoms with Crippen LogP contribution in [0.5, 0.6) is 0 Å². The zero-order valence-electron chi connectivity index (χ0n) is 44.6. The fourth-order valence-electron chi connectivity index (χ4n) is 9.04. The van der Waals surface area contributed by atoms with Crippen LogP contribution < -0.4 is 14.2 Å². The van der Waals surface area contributed by atoms with Crippen LogP contribution in [0.15, 0.2) is 0 Å². The van der Waals surface area contributed by atoms with E-state index < -0.39 is 278 Å². The number of hydrogen-bond donors (Lipinski definition) is 20. The number of hydrogen-bond acceptors (Lipinski definition) is 41. The maximum atomic E-state index is 13.0. The van der Waals surface area contributed by atoms with Crippen LogP contribution in [0.4, 0.5) is 0 Å². The number of carboxylic acid groups (broad SMARTS) is 2. The molecule has 5 saturated heterocycles. The molecule has 0 amide bonds. The Hall–Kier alpha value is -2.83. The number of aliphatic hydroxyl groups excluding tert-OH is 6. The SMILES string of the molecule is O=C(O)[C@H]1O[C@@H](O[C@H]2[C@H](OS(=O)(=O)O)[C@@H](NS(=O)(=O)O)[C@@H](O[C@H]3[C@H](O)[C@@H](OS(=O)(=O)O)[C@H](O[C@H]4[C@H](O)[C@@H](NS(=O)(=O)O)C(O)O[C@@H]4COS(=O)(=O)O)O[C@H]3C(=O)O)O[C@@H]2COS(=O)(=O)O)[C@H](O)[C@@H](O)[C@@H]1O[C@H]1O[C@H](COS(=O)(=O)O)[C@@H](O)[C@H](OS(=O)(=O)O)[C@H]1NS(=O)(=O)O. The Balaban J connectivity index is 1.61. The van der Waals surface area contributed by atoms with E-state index in [1.54, 1.807) is 0 Å². The Morgan fingerprint density at radius 2 is 0.660 bits per heavy atom. The Labute approximate surface area is 525 Å². The molecule has 0 aromatic rings. The molecule has 20 N–H and O–H groups in total. The average molecular weight is 1570 g/mol. The number of nitrogens with one attached hydrogen (secondary N) is 3. The lowest BCUT2D eigenvalue weighted by Crippen LogP contribution is -2.71. The Kier molecular flexibility index (Phi) is 26.6. The molecule has 0 saturated carbocycles. The van der Waals surface area contributed by atoms with E-state index in [1.165, 1.54) is 4.72 Å². The molecule has 0 bridgehead atoms. The van der Waals surface area contributed by atoms with Crippen molar-refractivity contribution in [2.75, 3.05) is 19.8 Å². The van der Waals surface area contributed by atoms with E-state index in [2.05, 4.69) is 25.1 Å². The van der Waals surface area contributed by atoms with Crippen LogP contribution >= 0.6 is 0 Å². The number of ether oxygens (including phenoxy) is 9. The number of rotatable bonds is 31. The molecule has 5 rings (SSSR count). The molecule has 0 radical (unpaired) electrons. The van der Waals surface area contributed by atoms with Gasteiger partial charge in [0.15, 0.2) is 49.8 Å². The Morgan fingerprint density at radius 1 is 0.319 bits per heavy atom. The number of carbonyl (C=O) groups is 2. The molecule has 64 heteroatoms. The van der Waals surface area contributed by atoms with Crippen LogP contribution in [0.3, 0.4) is 0 Å². The summed E-state index contributed by atoms with van der Waals surface area (Å²) in [7, 11) is -53.4. The third-order valence-electron chi connectivity index (χ3n) is 12.4. The molecule has 5 fully saturated rings. The summed E-state index contributed by atoms with van der Waals surface area (Å²) in [5.74, 6) is -5.07. The van der Waals surface area contributed by atoms with Crippen molar-refractivity contribution in [3.63, 3.8) is 0 Å². The maximum absolute atomic E-state index is 13.0. The van der Waals surface area contributed by atoms with Gasteiger partial charge in [0.2, 0.25) is 0 Å². The van der Waals surface area contributed by atoms with Crippen LogP contribution in [0, 0.1) is 0 Å². The monoisotopic (exact) mass is 1570 g/mol. The fraction of sp³-hybridized carbons (Fsp3) is 0.933. The zero-order chi connectivity index (χ0) is 71.9. The van der Waals surface area contributed by atoms with Gasteiger partial charge in [-0.2, -0.15) is 89.9 Å². The lowest BCUT2D eigenvalue weighted by molar-refractivity contribution is -0.372. The third kappa shape index (κ3) is 24.2. The van der Waals surface area contributed by atoms with Gasteiger partial charge >= 0.3 is 105 Å². The molecule has 94 heavy (non-hydrogen) atoms. The number of aliphatic hydroxyl groups is 6. The quantitative estimate of drug-likeness (QED) is 0.0287. The van der Waals surface area contributed by atoms with Crippen molar-refractivity contribution in [3.05, 3.63) is 0 Å². The van der Waals surface area contributed by atoms with Crippen molar-refractivity contribution in [2.45, 2.75) is 153 Å². The molecule has 5 aliphatic heterocycles. The second-order valence-electron chi connectivity index (χ2n) is 19.0. The fourth-order valence-corrected chi connectivity index (χ4v) is 13.2. The first-order valence-corrected chi connectivity index (χ1v) is 36.3. The second-order valence-corrected chi connectivity index (χ2v) is 29.0. The van der Waals surface area contributed by atoms with Gasteiger partial charge in [0.1, 0.15) is 104 Å². The highest BCUT2D eigenvalue weighted by Crippen LogP contribution is 2.39. The maximum Gasteiger partial charge on any atom is 0.397 e. The standard InChI is InChI=1S/C30H51N3O52S9/c34-10-4(1-71-89(53,54)55)75-27(8(32-87(47,48)49)17(10)83-92(62,63)64)79-19-12(36)13(37)29(81-22(19)24(39)40)78-16-6(3-73-91(59,60)61)76-28(9(33-88(50,51)52)18(16)84-93(65,66)67)80-20-14(38)21(85-94(68,69)70)30(82-23(20)25(41)42)77-15-5(2-72-90(56,57)58)74-26(43)7(11(15)35)31-86(44,45)46/h4-23,26-38,43H,1-3H2,(H,39,40)(H,41,42)(H,44,45,46)(H,47,48,49)(H,50,51,52)(H,53,54,55)(H,56,57,58)(H,59,60,61)(H,62,63,64)(H,65,66,67)(H,68,69,70)/t4-,5-,6-,7-,8-,9-,10-,11-,12-,13-,14+,15-,16-,17-,18-,19+,20+,21-,22+,23-,26?,27-,28-,29-,30-/m1/s1. The van der Waals surface area contributed by atoms with E-state index in [1.807, 2.05) is 0 Å². The molecular weight excluding hydrogens is 1520 g/mol. The van der Waals surface area contributed by atoms with Crippen LogP contribution in [-0.2, 0) is 171 Å². The lowest BCUT2D eigenvalue weighted by atomic mass is 9.94. The van der Waals surface area contributed by atoms with E-state index in [4.69, 9.17) is 51.7 Å². The van der Waals surface area contributed by atoms with Gasteiger partial charge in [-0.25, -0.2) is 34.7 Å². The average Bonchev–Trinajstić information content (AvgIpc) is 0.764. The number of aliphatic carboxylic acids is 2. The van der Waals surface area contributed by atoms with Crippen LogP contribution in [0.2, 0.25) is 0 Å². The van der Waals surface area contributed by atoms with Crippen LogP contribution in [-0.4, -0.2) is 343 Å². The summed E-state index contributed by atoms with van der Waals surface area (Å²) in [6.07, 6.45) is -67.0. The largest absolute Gasteiger partial charge is 0.479 e. The zero-order valence-corrected chi connectivity index (χ0v) is 52.0. The normalized spacial score (nSPS) is 38.0.